The molecule has 1 aromatic carbocycles. The molecule has 2 N–H and O–H groups in total. The van der Waals surface area contributed by atoms with Crippen LogP contribution in [0.15, 0.2) is 16.6 Å². The van der Waals surface area contributed by atoms with Crippen LogP contribution < -0.4 is 10.6 Å². The Labute approximate surface area is 151 Å². The highest BCUT2D eigenvalue weighted by Gasteiger charge is 2.28. The maximum atomic E-state index is 11.8. The van der Waals surface area contributed by atoms with Gasteiger partial charge < -0.3 is 15.4 Å². The van der Waals surface area contributed by atoms with Gasteiger partial charge in [0.15, 0.2) is 0 Å². The van der Waals surface area contributed by atoms with E-state index in [4.69, 9.17) is 16.3 Å². The molecule has 128 valence electrons. The number of ether oxygens (including phenoxy) is 1. The number of nitrogens with one attached hydrogen (secondary N) is 2. The Bertz CT molecular complexity index is 587. The normalized spacial score (nSPS) is 21.1. The van der Waals surface area contributed by atoms with Gasteiger partial charge in [-0.2, -0.15) is 0 Å². The van der Waals surface area contributed by atoms with E-state index in [1.165, 1.54) is 0 Å². The van der Waals surface area contributed by atoms with Crippen LogP contribution in [0.1, 0.15) is 45.6 Å². The quantitative estimate of drug-likeness (QED) is 0.723. The van der Waals surface area contributed by atoms with Crippen LogP contribution >= 0.6 is 27.5 Å². The van der Waals surface area contributed by atoms with Crippen LogP contribution in [0.5, 0.6) is 0 Å². The molecule has 2 atom stereocenters. The van der Waals surface area contributed by atoms with Gasteiger partial charge >= 0.3 is 6.09 Å². The molecule has 4 nitrogen and oxygen atoms in total. The summed E-state index contributed by atoms with van der Waals surface area (Å²) in [4.78, 5) is 11.8. The zero-order chi connectivity index (χ0) is 17.2. The Kier molecular flexibility index (Phi) is 5.84. The molecular weight excluding hydrogens is 380 g/mol. The van der Waals surface area contributed by atoms with Gasteiger partial charge in [0.2, 0.25) is 0 Å². The van der Waals surface area contributed by atoms with Gasteiger partial charge in [-0.15, -0.1) is 0 Å². The molecule has 0 bridgehead atoms. The van der Waals surface area contributed by atoms with Crippen LogP contribution in [0.4, 0.5) is 10.5 Å². The minimum atomic E-state index is -0.468. The molecule has 0 spiro atoms. The number of alkyl carbamates (subject to hydrolysis) is 1. The van der Waals surface area contributed by atoms with Crippen LogP contribution in [0.25, 0.3) is 0 Å². The van der Waals surface area contributed by atoms with E-state index in [9.17, 15) is 4.79 Å². The lowest BCUT2D eigenvalue weighted by molar-refractivity contribution is 0.0505. The molecule has 0 aromatic heterocycles. The molecule has 1 aliphatic carbocycles. The van der Waals surface area contributed by atoms with E-state index in [1.54, 1.807) is 0 Å². The van der Waals surface area contributed by atoms with Gasteiger partial charge in [-0.25, -0.2) is 4.79 Å². The Morgan fingerprint density at radius 3 is 2.61 bits per heavy atom. The lowest BCUT2D eigenvalue weighted by Crippen LogP contribution is -2.38. The molecule has 1 fully saturated rings. The summed E-state index contributed by atoms with van der Waals surface area (Å²) in [5.41, 5.74) is 1.56. The number of halogens is 2. The molecule has 2 unspecified atom stereocenters. The number of hydrogen-bond acceptors (Lipinski definition) is 3. The van der Waals surface area contributed by atoms with E-state index >= 15 is 0 Å². The lowest BCUT2D eigenvalue weighted by Gasteiger charge is -2.22. The SMILES string of the molecule is Cc1cc(Br)c(NC2CCC(NC(=O)OC(C)(C)C)C2)cc1Cl. The van der Waals surface area contributed by atoms with Crippen LogP contribution in [0.2, 0.25) is 5.02 Å². The number of benzene rings is 1. The second-order valence-electron chi connectivity index (χ2n) is 7.08. The number of carbonyl (C=O) groups is 1. The van der Waals surface area contributed by atoms with Crippen molar-refractivity contribution in [1.82, 2.24) is 5.32 Å². The van der Waals surface area contributed by atoms with Crippen molar-refractivity contribution in [2.75, 3.05) is 5.32 Å². The average Bonchev–Trinajstić information content (AvgIpc) is 2.80. The van der Waals surface area contributed by atoms with Gasteiger partial charge in [-0.3, -0.25) is 0 Å². The topological polar surface area (TPSA) is 50.4 Å². The molecule has 0 saturated heterocycles. The zero-order valence-electron chi connectivity index (χ0n) is 14.0. The molecule has 1 aromatic rings. The molecule has 1 saturated carbocycles. The monoisotopic (exact) mass is 402 g/mol. The average molecular weight is 404 g/mol. The predicted octanol–water partition coefficient (Wildman–Crippen LogP) is 5.27. The minimum Gasteiger partial charge on any atom is -0.444 e. The highest BCUT2D eigenvalue weighted by atomic mass is 79.9. The van der Waals surface area contributed by atoms with Crippen molar-refractivity contribution in [3.63, 3.8) is 0 Å². The number of hydrogen-bond donors (Lipinski definition) is 2. The molecule has 0 aliphatic heterocycles. The van der Waals surface area contributed by atoms with Gasteiger partial charge in [-0.1, -0.05) is 11.6 Å². The fourth-order valence-corrected chi connectivity index (χ4v) is 3.43. The summed E-state index contributed by atoms with van der Waals surface area (Å²) >= 11 is 9.76. The Morgan fingerprint density at radius 1 is 1.30 bits per heavy atom. The summed E-state index contributed by atoms with van der Waals surface area (Å²) in [5, 5.41) is 7.20. The standard InChI is InChI=1S/C17H24BrClN2O2/c1-10-7-13(18)15(9-14(10)19)20-11-5-6-12(8-11)21-16(22)23-17(2,3)4/h7,9,11-12,20H,5-6,8H2,1-4H3,(H,21,22). The van der Waals surface area contributed by atoms with Gasteiger partial charge in [0, 0.05) is 21.6 Å². The fraction of sp³-hybridized carbons (Fsp3) is 0.588. The largest absolute Gasteiger partial charge is 0.444 e. The molecule has 23 heavy (non-hydrogen) atoms. The van der Waals surface area contributed by atoms with Gasteiger partial charge in [0.05, 0.1) is 5.69 Å². The second kappa shape index (κ2) is 7.31. The number of anilines is 1. The summed E-state index contributed by atoms with van der Waals surface area (Å²) in [6.07, 6.45) is 2.46. The van der Waals surface area contributed by atoms with Crippen molar-refractivity contribution in [3.8, 4) is 0 Å². The van der Waals surface area contributed by atoms with Crippen molar-refractivity contribution >= 4 is 39.3 Å². The molecule has 0 radical (unpaired) electrons. The van der Waals surface area contributed by atoms with E-state index in [1.807, 2.05) is 39.8 Å². The third-order valence-electron chi connectivity index (χ3n) is 3.76. The molecule has 2 rings (SSSR count). The molecule has 6 heteroatoms. The van der Waals surface area contributed by atoms with E-state index in [-0.39, 0.29) is 12.1 Å². The molecular formula is C17H24BrClN2O2. The molecule has 1 amide bonds. The summed E-state index contributed by atoms with van der Waals surface area (Å²) in [7, 11) is 0. The minimum absolute atomic E-state index is 0.141. The van der Waals surface area contributed by atoms with Crippen molar-refractivity contribution < 1.29 is 9.53 Å². The van der Waals surface area contributed by atoms with Crippen molar-refractivity contribution in [2.45, 2.75) is 64.6 Å². The summed E-state index contributed by atoms with van der Waals surface area (Å²) in [6.45, 7) is 7.58. The maximum absolute atomic E-state index is 11.8. The van der Waals surface area contributed by atoms with Crippen LogP contribution in [0, 0.1) is 6.92 Å². The molecule has 1 aliphatic rings. The highest BCUT2D eigenvalue weighted by Crippen LogP contribution is 2.32. The number of aryl methyl sites for hydroxylation is 1. The summed E-state index contributed by atoms with van der Waals surface area (Å²) in [6, 6.07) is 4.40. The zero-order valence-corrected chi connectivity index (χ0v) is 16.3. The van der Waals surface area contributed by atoms with E-state index in [2.05, 4.69) is 26.6 Å². The third-order valence-corrected chi connectivity index (χ3v) is 4.82. The third kappa shape index (κ3) is 5.57. The number of amides is 1. The van der Waals surface area contributed by atoms with Gasteiger partial charge in [0.1, 0.15) is 5.60 Å². The van der Waals surface area contributed by atoms with Gasteiger partial charge in [0.25, 0.3) is 0 Å². The first kappa shape index (κ1) is 18.4. The second-order valence-corrected chi connectivity index (χ2v) is 8.34. The first-order valence-corrected chi connectivity index (χ1v) is 9.03. The van der Waals surface area contributed by atoms with Crippen molar-refractivity contribution in [1.29, 1.82) is 0 Å². The Morgan fingerprint density at radius 2 is 1.96 bits per heavy atom. The molecule has 0 heterocycles. The lowest BCUT2D eigenvalue weighted by atomic mass is 10.2. The van der Waals surface area contributed by atoms with Crippen LogP contribution in [-0.2, 0) is 4.74 Å². The Balaban J connectivity index is 1.89. The first-order chi connectivity index (χ1) is 10.6. The van der Waals surface area contributed by atoms with E-state index in [0.717, 1.165) is 40.0 Å². The number of carbonyl (C=O) groups excluding carboxylic acids is 1. The maximum Gasteiger partial charge on any atom is 0.407 e. The van der Waals surface area contributed by atoms with Crippen LogP contribution in [-0.4, -0.2) is 23.8 Å². The van der Waals surface area contributed by atoms with Crippen molar-refractivity contribution in [2.24, 2.45) is 0 Å². The number of rotatable bonds is 3. The summed E-state index contributed by atoms with van der Waals surface area (Å²) < 4.78 is 6.31. The van der Waals surface area contributed by atoms with E-state index < -0.39 is 5.60 Å². The van der Waals surface area contributed by atoms with Crippen LogP contribution in [0.3, 0.4) is 0 Å². The van der Waals surface area contributed by atoms with Crippen molar-refractivity contribution in [3.05, 3.63) is 27.2 Å². The fourth-order valence-electron chi connectivity index (χ4n) is 2.69. The Hall–Kier alpha value is -0.940. The highest BCUT2D eigenvalue weighted by molar-refractivity contribution is 9.10. The smallest absolute Gasteiger partial charge is 0.407 e. The first-order valence-electron chi connectivity index (χ1n) is 7.86. The summed E-state index contributed by atoms with van der Waals surface area (Å²) in [5.74, 6) is 0. The predicted molar refractivity (Wildman–Crippen MR) is 98.3 cm³/mol. The van der Waals surface area contributed by atoms with Gasteiger partial charge in [-0.05, 0) is 80.6 Å². The van der Waals surface area contributed by atoms with E-state index in [0.29, 0.717) is 6.04 Å².